The van der Waals surface area contributed by atoms with E-state index in [2.05, 4.69) is 25.4 Å². The molecule has 2 aromatic heterocycles. The molecule has 0 aliphatic carbocycles. The zero-order chi connectivity index (χ0) is 31.9. The van der Waals surface area contributed by atoms with Gasteiger partial charge in [-0.25, -0.2) is 0 Å². The molecule has 3 aromatic carbocycles. The Morgan fingerprint density at radius 3 is 2.11 bits per heavy atom. The van der Waals surface area contributed by atoms with Crippen LogP contribution >= 0.6 is 0 Å². The van der Waals surface area contributed by atoms with Gasteiger partial charge in [-0.2, -0.15) is 15.0 Å². The lowest BCUT2D eigenvalue weighted by molar-refractivity contribution is 0.102. The van der Waals surface area contributed by atoms with E-state index in [9.17, 15) is 9.90 Å². The highest BCUT2D eigenvalue weighted by atomic mass is 16.3. The number of nitrogens with zero attached hydrogens (tertiary/aromatic N) is 5. The number of nitrogens with two attached hydrogens (primary N) is 4. The first-order valence-electron chi connectivity index (χ1n) is 15.4. The molecule has 2 aliphatic rings. The van der Waals surface area contributed by atoms with Gasteiger partial charge in [0, 0.05) is 67.1 Å². The molecule has 5 aromatic rings. The SMILES string of the molecule is N[C@@H]1C[C@H](N)CN(c2nc3nc(Nc4ccc(NC(=O)c5ccc6ccccc6c5O)cc4)nc(N4C[C@H](N)C[C@H](N)C4)c3[nH]2)C1. The fraction of sp³-hybridized carbons (Fsp3) is 0.312. The number of carbonyl (C=O) groups is 1. The summed E-state index contributed by atoms with van der Waals surface area (Å²) in [4.78, 5) is 35.0. The van der Waals surface area contributed by atoms with Gasteiger partial charge in [-0.15, -0.1) is 0 Å². The van der Waals surface area contributed by atoms with Gasteiger partial charge in [0.05, 0.1) is 5.56 Å². The van der Waals surface area contributed by atoms with Gasteiger partial charge in [-0.3, -0.25) is 4.79 Å². The summed E-state index contributed by atoms with van der Waals surface area (Å²) in [6.45, 7) is 2.44. The van der Waals surface area contributed by atoms with Crippen LogP contribution in [0.5, 0.6) is 5.75 Å². The van der Waals surface area contributed by atoms with E-state index in [0.29, 0.717) is 71.8 Å². The minimum Gasteiger partial charge on any atom is -0.506 e. The van der Waals surface area contributed by atoms with E-state index in [0.717, 1.165) is 18.2 Å². The van der Waals surface area contributed by atoms with Gasteiger partial charge in [0.25, 0.3) is 5.91 Å². The molecule has 0 bridgehead atoms. The molecule has 0 radical (unpaired) electrons. The van der Waals surface area contributed by atoms with Crippen LogP contribution in [0.2, 0.25) is 0 Å². The Bertz CT molecular complexity index is 1870. The number of aromatic nitrogens is 4. The van der Waals surface area contributed by atoms with Gasteiger partial charge in [0.15, 0.2) is 11.5 Å². The number of H-pyrrole nitrogens is 1. The van der Waals surface area contributed by atoms with E-state index in [4.69, 9.17) is 37.9 Å². The second-order valence-electron chi connectivity index (χ2n) is 12.3. The second kappa shape index (κ2) is 12.1. The third-order valence-corrected chi connectivity index (χ3v) is 8.49. The smallest absolute Gasteiger partial charge is 0.259 e. The number of fused-ring (bicyclic) bond motifs is 2. The summed E-state index contributed by atoms with van der Waals surface area (Å²) >= 11 is 0. The van der Waals surface area contributed by atoms with Crippen molar-refractivity contribution in [3.8, 4) is 5.75 Å². The van der Waals surface area contributed by atoms with Crippen LogP contribution < -0.4 is 43.4 Å². The number of hydrogen-bond donors (Lipinski definition) is 8. The van der Waals surface area contributed by atoms with Crippen LogP contribution in [0.1, 0.15) is 23.2 Å². The molecule has 0 saturated carbocycles. The van der Waals surface area contributed by atoms with Crippen molar-refractivity contribution in [2.75, 3.05) is 46.6 Å². The number of phenols is 1. The number of amides is 1. The summed E-state index contributed by atoms with van der Waals surface area (Å²) in [5, 5.41) is 18.3. The highest BCUT2D eigenvalue weighted by Gasteiger charge is 2.29. The van der Waals surface area contributed by atoms with Crippen molar-refractivity contribution in [3.63, 3.8) is 0 Å². The standard InChI is InChI=1S/C32H38N12O2/c33-18-11-19(34)14-43(13-18)29-26-28(41-32(39-26)44-15-20(35)12-21(36)16-44)40-31(42-29)38-23-8-6-22(7-9-23)37-30(46)25-10-5-17-3-1-2-4-24(17)27(25)45/h1-10,18-21,45H,11-16,33-36H2,(H,37,46)(H2,38,39,40,41,42)/t18-,19+,20-,21+. The zero-order valence-corrected chi connectivity index (χ0v) is 25.2. The number of hydrogen-bond acceptors (Lipinski definition) is 12. The van der Waals surface area contributed by atoms with Gasteiger partial charge in [-0.1, -0.05) is 30.3 Å². The number of benzene rings is 3. The van der Waals surface area contributed by atoms with Crippen LogP contribution in [0, 0.1) is 0 Å². The Labute approximate surface area is 265 Å². The highest BCUT2D eigenvalue weighted by Crippen LogP contribution is 2.31. The maximum atomic E-state index is 13.0. The Balaban J connectivity index is 1.14. The molecule has 7 rings (SSSR count). The minimum absolute atomic E-state index is 0.0520. The number of aromatic hydroxyl groups is 1. The number of anilines is 5. The largest absolute Gasteiger partial charge is 0.506 e. The van der Waals surface area contributed by atoms with Gasteiger partial charge >= 0.3 is 0 Å². The normalized spacial score (nSPS) is 21.9. The van der Waals surface area contributed by atoms with Crippen LogP contribution in [0.15, 0.2) is 60.7 Å². The number of nitrogens with one attached hydrogen (secondary N) is 3. The third kappa shape index (κ3) is 5.98. The first kappa shape index (κ1) is 29.7. The van der Waals surface area contributed by atoms with Crippen LogP contribution in [0.4, 0.5) is 29.1 Å². The molecule has 1 amide bonds. The molecule has 2 aliphatic heterocycles. The number of imidazole rings is 1. The minimum atomic E-state index is -0.412. The van der Waals surface area contributed by atoms with E-state index in [1.807, 2.05) is 36.4 Å². The first-order chi connectivity index (χ1) is 22.2. The second-order valence-corrected chi connectivity index (χ2v) is 12.3. The van der Waals surface area contributed by atoms with Crippen molar-refractivity contribution in [1.29, 1.82) is 0 Å². The van der Waals surface area contributed by atoms with Gasteiger partial charge in [0.1, 0.15) is 11.3 Å². The summed E-state index contributed by atoms with van der Waals surface area (Å²) in [7, 11) is 0. The van der Waals surface area contributed by atoms with Crippen LogP contribution in [0.3, 0.4) is 0 Å². The van der Waals surface area contributed by atoms with Crippen molar-refractivity contribution in [2.45, 2.75) is 37.0 Å². The fourth-order valence-corrected chi connectivity index (χ4v) is 6.41. The lowest BCUT2D eigenvalue weighted by Crippen LogP contribution is -2.52. The molecule has 14 heteroatoms. The van der Waals surface area contributed by atoms with E-state index >= 15 is 0 Å². The van der Waals surface area contributed by atoms with Gasteiger partial charge in [-0.05, 0) is 48.6 Å². The average molecular weight is 623 g/mol. The summed E-state index contributed by atoms with van der Waals surface area (Å²) < 4.78 is 0. The predicted octanol–water partition coefficient (Wildman–Crippen LogP) is 1.94. The van der Waals surface area contributed by atoms with Crippen molar-refractivity contribution >= 4 is 56.9 Å². The Kier molecular flexibility index (Phi) is 7.78. The summed E-state index contributed by atoms with van der Waals surface area (Å²) in [5.74, 6) is 1.17. The quantitative estimate of drug-likeness (QED) is 0.136. The lowest BCUT2D eigenvalue weighted by atomic mass is 10.0. The molecule has 238 valence electrons. The van der Waals surface area contributed by atoms with Crippen LogP contribution in [-0.2, 0) is 0 Å². The van der Waals surface area contributed by atoms with E-state index < -0.39 is 5.91 Å². The highest BCUT2D eigenvalue weighted by molar-refractivity contribution is 6.09. The number of piperidine rings is 2. The van der Waals surface area contributed by atoms with E-state index in [1.54, 1.807) is 24.3 Å². The van der Waals surface area contributed by atoms with Crippen molar-refractivity contribution in [2.24, 2.45) is 22.9 Å². The number of aromatic amines is 1. The molecule has 0 unspecified atom stereocenters. The Hall–Kier alpha value is -5.02. The number of phenolic OH excluding ortho intramolecular Hbond substituents is 1. The molecule has 2 fully saturated rings. The van der Waals surface area contributed by atoms with Crippen molar-refractivity contribution in [3.05, 3.63) is 66.2 Å². The average Bonchev–Trinajstić information content (AvgIpc) is 3.45. The topological polar surface area (TPSA) is 226 Å². The zero-order valence-electron chi connectivity index (χ0n) is 25.2. The molecule has 46 heavy (non-hydrogen) atoms. The molecule has 2 saturated heterocycles. The lowest BCUT2D eigenvalue weighted by Gasteiger charge is -2.35. The maximum absolute atomic E-state index is 13.0. The van der Waals surface area contributed by atoms with Gasteiger partial charge in [0.2, 0.25) is 11.9 Å². The first-order valence-corrected chi connectivity index (χ1v) is 15.4. The van der Waals surface area contributed by atoms with E-state index in [-0.39, 0.29) is 35.5 Å². The Morgan fingerprint density at radius 1 is 0.783 bits per heavy atom. The molecule has 14 nitrogen and oxygen atoms in total. The molecule has 12 N–H and O–H groups in total. The fourth-order valence-electron chi connectivity index (χ4n) is 6.41. The van der Waals surface area contributed by atoms with E-state index in [1.165, 1.54) is 0 Å². The number of carbonyl (C=O) groups excluding carboxylic acids is 1. The van der Waals surface area contributed by atoms with Crippen molar-refractivity contribution in [1.82, 2.24) is 19.9 Å². The Morgan fingerprint density at radius 2 is 1.41 bits per heavy atom. The third-order valence-electron chi connectivity index (χ3n) is 8.49. The van der Waals surface area contributed by atoms with Gasteiger partial charge < -0.3 is 53.5 Å². The molecule has 4 heterocycles. The molecule has 0 spiro atoms. The summed E-state index contributed by atoms with van der Waals surface area (Å²) in [6.07, 6.45) is 1.49. The summed E-state index contributed by atoms with van der Waals surface area (Å²) in [5.41, 5.74) is 27.8. The number of rotatable bonds is 6. The molecular formula is C32H38N12O2. The molecule has 4 atom stereocenters. The maximum Gasteiger partial charge on any atom is 0.259 e. The molecular weight excluding hydrogens is 584 g/mol. The monoisotopic (exact) mass is 622 g/mol. The predicted molar refractivity (Wildman–Crippen MR) is 181 cm³/mol. The summed E-state index contributed by atoms with van der Waals surface area (Å²) in [6, 6.07) is 17.6. The van der Waals surface area contributed by atoms with Crippen molar-refractivity contribution < 1.29 is 9.90 Å². The van der Waals surface area contributed by atoms with Crippen LogP contribution in [-0.4, -0.2) is 81.3 Å². The van der Waals surface area contributed by atoms with Crippen LogP contribution in [0.25, 0.3) is 21.9 Å².